The minimum absolute atomic E-state index is 0.0327. The molecule has 0 heterocycles. The fraction of sp³-hybridized carbons (Fsp3) is 0.857. The van der Waals surface area contributed by atoms with E-state index >= 15 is 0 Å². The summed E-state index contributed by atoms with van der Waals surface area (Å²) in [5.74, 6) is -0.783. The van der Waals surface area contributed by atoms with Gasteiger partial charge in [-0.05, 0) is 77.0 Å². The first-order chi connectivity index (χ1) is 39.0. The van der Waals surface area contributed by atoms with Gasteiger partial charge in [0, 0.05) is 12.8 Å². The molecule has 0 aromatic heterocycles. The average Bonchev–Trinajstić information content (AvgIpc) is 3.42. The van der Waals surface area contributed by atoms with Gasteiger partial charge in [0.1, 0.15) is 19.8 Å². The summed E-state index contributed by atoms with van der Waals surface area (Å²) in [5.41, 5.74) is 0. The maximum absolute atomic E-state index is 12.9. The highest BCUT2D eigenvalue weighted by molar-refractivity contribution is 7.47. The second kappa shape index (κ2) is 61.5. The van der Waals surface area contributed by atoms with E-state index in [9.17, 15) is 19.0 Å². The van der Waals surface area contributed by atoms with Gasteiger partial charge in [-0.1, -0.05) is 294 Å². The van der Waals surface area contributed by atoms with E-state index in [4.69, 9.17) is 18.5 Å². The van der Waals surface area contributed by atoms with Crippen LogP contribution in [0, 0.1) is 0 Å². The fourth-order valence-corrected chi connectivity index (χ4v) is 10.8. The fourth-order valence-electron chi connectivity index (χ4n) is 10.0. The van der Waals surface area contributed by atoms with Crippen LogP contribution in [-0.2, 0) is 32.7 Å². The van der Waals surface area contributed by atoms with Crippen LogP contribution in [0.3, 0.4) is 0 Å². The number of hydrogen-bond donors (Lipinski definition) is 1. The molecule has 0 spiro atoms. The third kappa shape index (κ3) is 65.1. The molecule has 0 saturated carbocycles. The normalized spacial score (nSPS) is 13.4. The molecule has 0 aliphatic heterocycles. The topological polar surface area (TPSA) is 108 Å². The second-order valence-electron chi connectivity index (χ2n) is 24.6. The zero-order chi connectivity index (χ0) is 58.4. The van der Waals surface area contributed by atoms with Crippen molar-refractivity contribution in [3.05, 3.63) is 48.6 Å². The lowest BCUT2D eigenvalue weighted by Gasteiger charge is -2.24. The number of carbonyl (C=O) groups excluding carboxylic acids is 2. The van der Waals surface area contributed by atoms with Gasteiger partial charge in [0.2, 0.25) is 0 Å². The predicted molar refractivity (Wildman–Crippen MR) is 344 cm³/mol. The first kappa shape index (κ1) is 78.0. The molecule has 0 aliphatic rings. The molecule has 470 valence electrons. The van der Waals surface area contributed by atoms with E-state index in [1.54, 1.807) is 0 Å². The van der Waals surface area contributed by atoms with Gasteiger partial charge in [-0.15, -0.1) is 0 Å². The van der Waals surface area contributed by atoms with Gasteiger partial charge >= 0.3 is 19.8 Å². The lowest BCUT2D eigenvalue weighted by Crippen LogP contribution is -2.37. The Morgan fingerprint density at radius 3 is 0.988 bits per heavy atom. The summed E-state index contributed by atoms with van der Waals surface area (Å²) in [6.07, 6.45) is 79.3. The standard InChI is InChI=1S/C70H132NO8P/c1-6-8-10-12-14-16-18-20-22-24-26-28-30-31-32-33-34-35-36-37-38-39-41-43-45-47-49-51-53-55-57-59-61-63-70(73)79-68(67-78-80(74,75)77-65-64-71(3,4)5)66-76-69(72)62-60-58-56-54-52-50-48-46-44-42-40-29-27-25-23-21-19-17-15-13-11-9-7-2/h18-21,24-27,68H,6-17,22-23,28-67H2,1-5H3/p+1/b20-18-,21-19-,26-24-,27-25-. The Hall–Kier alpha value is -2.03. The molecule has 0 radical (unpaired) electrons. The van der Waals surface area contributed by atoms with Crippen molar-refractivity contribution in [1.29, 1.82) is 0 Å². The third-order valence-electron chi connectivity index (χ3n) is 15.3. The van der Waals surface area contributed by atoms with Crippen LogP contribution in [0.15, 0.2) is 48.6 Å². The van der Waals surface area contributed by atoms with E-state index in [0.29, 0.717) is 17.4 Å². The predicted octanol–water partition coefficient (Wildman–Crippen LogP) is 22.1. The van der Waals surface area contributed by atoms with Crippen LogP contribution in [0.25, 0.3) is 0 Å². The zero-order valence-corrected chi connectivity index (χ0v) is 54.5. The number of likely N-dealkylation sites (N-methyl/N-ethyl adjacent to an activating group) is 1. The van der Waals surface area contributed by atoms with Crippen molar-refractivity contribution in [3.63, 3.8) is 0 Å². The van der Waals surface area contributed by atoms with E-state index in [2.05, 4.69) is 62.5 Å². The number of allylic oxidation sites excluding steroid dienone is 8. The van der Waals surface area contributed by atoms with E-state index in [0.717, 1.165) is 44.9 Å². The summed E-state index contributed by atoms with van der Waals surface area (Å²) in [7, 11) is 1.49. The van der Waals surface area contributed by atoms with Crippen LogP contribution in [-0.4, -0.2) is 74.9 Å². The molecule has 1 N–H and O–H groups in total. The molecule has 2 unspecified atom stereocenters. The minimum Gasteiger partial charge on any atom is -0.462 e. The van der Waals surface area contributed by atoms with Crippen molar-refractivity contribution in [2.75, 3.05) is 47.5 Å². The highest BCUT2D eigenvalue weighted by Gasteiger charge is 2.27. The lowest BCUT2D eigenvalue weighted by molar-refractivity contribution is -0.870. The number of esters is 2. The molecule has 9 nitrogen and oxygen atoms in total. The molecule has 0 aromatic carbocycles. The summed E-state index contributed by atoms with van der Waals surface area (Å²) in [6, 6.07) is 0. The van der Waals surface area contributed by atoms with Gasteiger partial charge in [-0.2, -0.15) is 0 Å². The number of hydrogen-bond acceptors (Lipinski definition) is 7. The number of quaternary nitrogens is 1. The summed E-state index contributed by atoms with van der Waals surface area (Å²) in [4.78, 5) is 35.8. The number of phosphoric acid groups is 1. The Bertz CT molecular complexity index is 1490. The summed E-state index contributed by atoms with van der Waals surface area (Å²) < 4.78 is 34.7. The quantitative estimate of drug-likeness (QED) is 0.0211. The number of rotatable bonds is 64. The number of phosphoric ester groups is 1. The van der Waals surface area contributed by atoms with Crippen LogP contribution in [0.2, 0.25) is 0 Å². The van der Waals surface area contributed by atoms with Crippen LogP contribution >= 0.6 is 7.82 Å². The molecule has 0 saturated heterocycles. The highest BCUT2D eigenvalue weighted by atomic mass is 31.2. The van der Waals surface area contributed by atoms with Crippen molar-refractivity contribution in [2.24, 2.45) is 0 Å². The number of carbonyl (C=O) groups is 2. The Balaban J connectivity index is 4.01. The van der Waals surface area contributed by atoms with Crippen molar-refractivity contribution >= 4 is 19.8 Å². The summed E-state index contributed by atoms with van der Waals surface area (Å²) in [5, 5.41) is 0. The molecule has 2 atom stereocenters. The largest absolute Gasteiger partial charge is 0.472 e. The van der Waals surface area contributed by atoms with Crippen LogP contribution in [0.5, 0.6) is 0 Å². The van der Waals surface area contributed by atoms with E-state index in [1.807, 2.05) is 21.1 Å². The molecule has 0 bridgehead atoms. The van der Waals surface area contributed by atoms with Gasteiger partial charge in [-0.3, -0.25) is 18.6 Å². The summed E-state index contributed by atoms with van der Waals surface area (Å²) >= 11 is 0. The van der Waals surface area contributed by atoms with E-state index in [1.165, 1.54) is 257 Å². The smallest absolute Gasteiger partial charge is 0.462 e. The first-order valence-corrected chi connectivity index (χ1v) is 35.9. The number of ether oxygens (including phenoxy) is 2. The monoisotopic (exact) mass is 1150 g/mol. The van der Waals surface area contributed by atoms with Crippen LogP contribution < -0.4 is 0 Å². The Morgan fingerprint density at radius 1 is 0.388 bits per heavy atom. The van der Waals surface area contributed by atoms with Crippen molar-refractivity contribution in [3.8, 4) is 0 Å². The SMILES string of the molecule is CCCCCCC/C=C\C/C=C\CCCCCCCCCCCCCCCCCCCCCCCC(=O)OC(COC(=O)CCCCCCCCCCCCC/C=C\C/C=C\CCCCCCC)COP(=O)(O)OCC[N+](C)(C)C. The van der Waals surface area contributed by atoms with Gasteiger partial charge < -0.3 is 18.9 Å². The molecule has 0 aliphatic carbocycles. The zero-order valence-electron chi connectivity index (χ0n) is 53.6. The van der Waals surface area contributed by atoms with Crippen LogP contribution in [0.1, 0.15) is 335 Å². The molecule has 80 heavy (non-hydrogen) atoms. The van der Waals surface area contributed by atoms with Crippen molar-refractivity contribution < 1.29 is 42.1 Å². The molecule has 10 heteroatoms. The first-order valence-electron chi connectivity index (χ1n) is 34.4. The Morgan fingerprint density at radius 2 is 0.675 bits per heavy atom. The second-order valence-corrected chi connectivity index (χ2v) is 26.0. The van der Waals surface area contributed by atoms with Crippen molar-refractivity contribution in [1.82, 2.24) is 0 Å². The Labute approximate surface area is 496 Å². The Kier molecular flexibility index (Phi) is 60.0. The summed E-state index contributed by atoms with van der Waals surface area (Å²) in [6.45, 7) is 4.46. The number of unbranched alkanes of at least 4 members (excludes halogenated alkanes) is 42. The maximum atomic E-state index is 12.9. The highest BCUT2D eigenvalue weighted by Crippen LogP contribution is 2.43. The van der Waals surface area contributed by atoms with Gasteiger partial charge in [0.05, 0.1) is 27.7 Å². The minimum atomic E-state index is -4.39. The average molecular weight is 1150 g/mol. The molecular formula is C70H133NO8P+. The maximum Gasteiger partial charge on any atom is 0.472 e. The van der Waals surface area contributed by atoms with Gasteiger partial charge in [-0.25, -0.2) is 4.57 Å². The van der Waals surface area contributed by atoms with Crippen molar-refractivity contribution in [2.45, 2.75) is 341 Å². The molecule has 0 rings (SSSR count). The van der Waals surface area contributed by atoms with Gasteiger partial charge in [0.15, 0.2) is 6.10 Å². The number of nitrogens with zero attached hydrogens (tertiary/aromatic N) is 1. The third-order valence-corrected chi connectivity index (χ3v) is 16.3. The molecular weight excluding hydrogens is 1010 g/mol. The molecule has 0 aromatic rings. The molecule has 0 fully saturated rings. The van der Waals surface area contributed by atoms with E-state index in [-0.39, 0.29) is 32.0 Å². The molecule has 0 amide bonds. The van der Waals surface area contributed by atoms with Gasteiger partial charge in [0.25, 0.3) is 0 Å². The van der Waals surface area contributed by atoms with Crippen LogP contribution in [0.4, 0.5) is 0 Å². The lowest BCUT2D eigenvalue weighted by atomic mass is 10.0. The van der Waals surface area contributed by atoms with E-state index < -0.39 is 26.5 Å².